The number of amides is 1. The van der Waals surface area contributed by atoms with Gasteiger partial charge in [-0.2, -0.15) is 0 Å². The molecular weight excluding hydrogens is 264 g/mol. The van der Waals surface area contributed by atoms with Crippen LogP contribution in [-0.4, -0.2) is 49.7 Å². The molecule has 1 rings (SSSR count). The maximum atomic E-state index is 11.8. The number of carbonyl (C=O) groups excluding carboxylic acids is 1. The summed E-state index contributed by atoms with van der Waals surface area (Å²) in [6, 6.07) is 0. The first-order valence-corrected chi connectivity index (χ1v) is 8.68. The molecule has 0 aromatic rings. The molecule has 1 aliphatic rings. The molecule has 4 heteroatoms. The van der Waals surface area contributed by atoms with Crippen molar-refractivity contribution in [3.8, 4) is 0 Å². The maximum Gasteiger partial charge on any atom is 0.222 e. The summed E-state index contributed by atoms with van der Waals surface area (Å²) in [5.74, 6) is 1.08. The van der Waals surface area contributed by atoms with Crippen LogP contribution in [0.1, 0.15) is 53.4 Å². The smallest absolute Gasteiger partial charge is 0.222 e. The van der Waals surface area contributed by atoms with E-state index in [1.54, 1.807) is 0 Å². The summed E-state index contributed by atoms with van der Waals surface area (Å²) < 4.78 is 5.76. The Bertz CT molecular complexity index is 297. The Kier molecular flexibility index (Phi) is 8.93. The van der Waals surface area contributed by atoms with Gasteiger partial charge in [0.2, 0.25) is 5.91 Å². The van der Waals surface area contributed by atoms with Crippen molar-refractivity contribution in [1.29, 1.82) is 0 Å². The Hall–Kier alpha value is -0.610. The molecule has 0 bridgehead atoms. The summed E-state index contributed by atoms with van der Waals surface area (Å²) in [5.41, 5.74) is 0. The average Bonchev–Trinajstić information content (AvgIpc) is 2.51. The molecule has 0 aromatic carbocycles. The van der Waals surface area contributed by atoms with Gasteiger partial charge in [-0.1, -0.05) is 34.1 Å². The Labute approximate surface area is 130 Å². The molecule has 1 fully saturated rings. The third kappa shape index (κ3) is 7.28. The lowest BCUT2D eigenvalue weighted by Gasteiger charge is -2.33. The summed E-state index contributed by atoms with van der Waals surface area (Å²) in [4.78, 5) is 14.3. The minimum Gasteiger partial charge on any atom is -0.374 e. The fourth-order valence-electron chi connectivity index (χ4n) is 2.55. The van der Waals surface area contributed by atoms with E-state index in [-0.39, 0.29) is 17.9 Å². The molecule has 1 heterocycles. The molecular formula is C17H34N2O2. The third-order valence-electron chi connectivity index (χ3n) is 4.66. The average molecular weight is 298 g/mol. The first kappa shape index (κ1) is 18.4. The number of morpholine rings is 1. The van der Waals surface area contributed by atoms with Crippen LogP contribution in [0.4, 0.5) is 0 Å². The van der Waals surface area contributed by atoms with Gasteiger partial charge < -0.3 is 10.1 Å². The van der Waals surface area contributed by atoms with E-state index in [0.717, 1.165) is 38.6 Å². The lowest BCUT2D eigenvalue weighted by molar-refractivity contribution is -0.125. The number of hydrogen-bond donors (Lipinski definition) is 1. The summed E-state index contributed by atoms with van der Waals surface area (Å²) >= 11 is 0. The Balaban J connectivity index is 2.21. The van der Waals surface area contributed by atoms with Crippen molar-refractivity contribution in [2.75, 3.05) is 32.8 Å². The van der Waals surface area contributed by atoms with Crippen molar-refractivity contribution in [1.82, 2.24) is 10.2 Å². The second kappa shape index (κ2) is 10.2. The largest absolute Gasteiger partial charge is 0.374 e. The molecule has 1 saturated heterocycles. The maximum absolute atomic E-state index is 11.8. The zero-order valence-corrected chi connectivity index (χ0v) is 14.4. The van der Waals surface area contributed by atoms with Crippen molar-refractivity contribution in [2.24, 2.45) is 11.8 Å². The number of carbonyl (C=O) groups is 1. The van der Waals surface area contributed by atoms with Gasteiger partial charge in [0, 0.05) is 25.6 Å². The van der Waals surface area contributed by atoms with E-state index in [0.29, 0.717) is 6.54 Å². The van der Waals surface area contributed by atoms with Crippen LogP contribution in [0.25, 0.3) is 0 Å². The second-order valence-electron chi connectivity index (χ2n) is 6.50. The standard InChI is InChI=1S/C17H34N2O2/c1-5-14(3)8-7-9-19-10-11-21-16(13-19)12-18-17(20)15(4)6-2/h14-16H,5-13H2,1-4H3,(H,18,20)/t14?,15?,16-/m0/s1. The van der Waals surface area contributed by atoms with Crippen LogP contribution in [0.2, 0.25) is 0 Å². The summed E-state index contributed by atoms with van der Waals surface area (Å²) in [7, 11) is 0. The van der Waals surface area contributed by atoms with Crippen LogP contribution in [0.3, 0.4) is 0 Å². The van der Waals surface area contributed by atoms with Crippen molar-refractivity contribution in [3.63, 3.8) is 0 Å². The van der Waals surface area contributed by atoms with E-state index < -0.39 is 0 Å². The molecule has 0 aliphatic carbocycles. The molecule has 1 amide bonds. The quantitative estimate of drug-likeness (QED) is 0.711. The second-order valence-corrected chi connectivity index (χ2v) is 6.50. The highest BCUT2D eigenvalue weighted by Gasteiger charge is 2.21. The SMILES string of the molecule is CCC(C)CCCN1CCO[C@@H](CNC(=O)C(C)CC)C1. The van der Waals surface area contributed by atoms with Gasteiger partial charge in [0.1, 0.15) is 0 Å². The molecule has 0 spiro atoms. The van der Waals surface area contributed by atoms with Crippen LogP contribution in [-0.2, 0) is 9.53 Å². The molecule has 124 valence electrons. The molecule has 4 nitrogen and oxygen atoms in total. The Morgan fingerprint density at radius 3 is 2.76 bits per heavy atom. The zero-order valence-electron chi connectivity index (χ0n) is 14.4. The number of nitrogens with zero attached hydrogens (tertiary/aromatic N) is 1. The topological polar surface area (TPSA) is 41.6 Å². The first-order valence-electron chi connectivity index (χ1n) is 8.68. The fourth-order valence-corrected chi connectivity index (χ4v) is 2.55. The van der Waals surface area contributed by atoms with Crippen molar-refractivity contribution < 1.29 is 9.53 Å². The first-order chi connectivity index (χ1) is 10.1. The van der Waals surface area contributed by atoms with E-state index in [4.69, 9.17) is 4.74 Å². The highest BCUT2D eigenvalue weighted by molar-refractivity contribution is 5.78. The predicted octanol–water partition coefficient (Wildman–Crippen LogP) is 2.68. The minimum absolute atomic E-state index is 0.0974. The molecule has 3 atom stereocenters. The zero-order chi connectivity index (χ0) is 15.7. The molecule has 0 aromatic heterocycles. The predicted molar refractivity (Wildman–Crippen MR) is 87.3 cm³/mol. The van der Waals surface area contributed by atoms with E-state index in [1.165, 1.54) is 19.3 Å². The fraction of sp³-hybridized carbons (Fsp3) is 0.941. The lowest BCUT2D eigenvalue weighted by atomic mass is 10.0. The highest BCUT2D eigenvalue weighted by Crippen LogP contribution is 2.12. The van der Waals surface area contributed by atoms with Gasteiger partial charge in [0.05, 0.1) is 12.7 Å². The molecule has 0 radical (unpaired) electrons. The monoisotopic (exact) mass is 298 g/mol. The molecule has 0 saturated carbocycles. The van der Waals surface area contributed by atoms with E-state index in [1.807, 2.05) is 13.8 Å². The molecule has 2 unspecified atom stereocenters. The van der Waals surface area contributed by atoms with Crippen molar-refractivity contribution >= 4 is 5.91 Å². The number of hydrogen-bond acceptors (Lipinski definition) is 3. The minimum atomic E-state index is 0.0974. The molecule has 1 N–H and O–H groups in total. The number of rotatable bonds is 9. The summed E-state index contributed by atoms with van der Waals surface area (Å²) in [6.07, 6.45) is 4.88. The van der Waals surface area contributed by atoms with Crippen LogP contribution in [0, 0.1) is 11.8 Å². The Morgan fingerprint density at radius 2 is 2.10 bits per heavy atom. The van der Waals surface area contributed by atoms with E-state index in [9.17, 15) is 4.79 Å². The van der Waals surface area contributed by atoms with Gasteiger partial charge in [0.15, 0.2) is 0 Å². The number of ether oxygens (including phenoxy) is 1. The summed E-state index contributed by atoms with van der Waals surface area (Å²) in [6.45, 7) is 13.2. The van der Waals surface area contributed by atoms with Crippen LogP contribution in [0.15, 0.2) is 0 Å². The van der Waals surface area contributed by atoms with Gasteiger partial charge in [-0.25, -0.2) is 0 Å². The van der Waals surface area contributed by atoms with Crippen molar-refractivity contribution in [2.45, 2.75) is 59.5 Å². The van der Waals surface area contributed by atoms with Crippen LogP contribution in [0.5, 0.6) is 0 Å². The molecule has 21 heavy (non-hydrogen) atoms. The highest BCUT2D eigenvalue weighted by atomic mass is 16.5. The van der Waals surface area contributed by atoms with Crippen LogP contribution < -0.4 is 5.32 Å². The van der Waals surface area contributed by atoms with Gasteiger partial charge in [-0.3, -0.25) is 9.69 Å². The normalized spacial score (nSPS) is 22.8. The van der Waals surface area contributed by atoms with Crippen LogP contribution >= 0.6 is 0 Å². The van der Waals surface area contributed by atoms with E-state index >= 15 is 0 Å². The van der Waals surface area contributed by atoms with Gasteiger partial charge in [-0.05, 0) is 31.7 Å². The summed E-state index contributed by atoms with van der Waals surface area (Å²) in [5, 5.41) is 3.02. The van der Waals surface area contributed by atoms with Gasteiger partial charge in [0.25, 0.3) is 0 Å². The van der Waals surface area contributed by atoms with E-state index in [2.05, 4.69) is 24.1 Å². The van der Waals surface area contributed by atoms with Crippen molar-refractivity contribution in [3.05, 3.63) is 0 Å². The third-order valence-corrected chi connectivity index (χ3v) is 4.66. The Morgan fingerprint density at radius 1 is 1.33 bits per heavy atom. The lowest BCUT2D eigenvalue weighted by Crippen LogP contribution is -2.48. The molecule has 1 aliphatic heterocycles. The van der Waals surface area contributed by atoms with Gasteiger partial charge >= 0.3 is 0 Å². The number of nitrogens with one attached hydrogen (secondary N) is 1. The van der Waals surface area contributed by atoms with Gasteiger partial charge in [-0.15, -0.1) is 0 Å².